The van der Waals surface area contributed by atoms with Gasteiger partial charge in [-0.2, -0.15) is 13.2 Å². The summed E-state index contributed by atoms with van der Waals surface area (Å²) in [5.41, 5.74) is 5.29. The molecular formula is C10H12F3NO3. The molecule has 0 heterocycles. The molecule has 1 rings (SSSR count). The minimum atomic E-state index is -4.82. The maximum absolute atomic E-state index is 12.3. The molecule has 0 saturated carbocycles. The van der Waals surface area contributed by atoms with Crippen molar-refractivity contribution < 1.29 is 28.1 Å². The first kappa shape index (κ1) is 13.6. The lowest BCUT2D eigenvalue weighted by molar-refractivity contribution is -0.210. The molecule has 0 aliphatic heterocycles. The third kappa shape index (κ3) is 3.01. The number of aliphatic hydroxyl groups excluding tert-OH is 1. The van der Waals surface area contributed by atoms with E-state index in [9.17, 15) is 13.2 Å². The van der Waals surface area contributed by atoms with Gasteiger partial charge in [0.25, 0.3) is 0 Å². The van der Waals surface area contributed by atoms with Gasteiger partial charge in [0.1, 0.15) is 11.5 Å². The number of aliphatic hydroxyl groups is 1. The average Bonchev–Trinajstić information content (AvgIpc) is 2.25. The van der Waals surface area contributed by atoms with Crippen molar-refractivity contribution in [3.63, 3.8) is 0 Å². The largest absolute Gasteiger partial charge is 0.508 e. The van der Waals surface area contributed by atoms with E-state index in [1.807, 2.05) is 0 Å². The number of ether oxygens (including phenoxy) is 1. The number of phenolic OH excluding ortho intramolecular Hbond substituents is 1. The van der Waals surface area contributed by atoms with Crippen LogP contribution in [0.4, 0.5) is 13.2 Å². The topological polar surface area (TPSA) is 75.7 Å². The summed E-state index contributed by atoms with van der Waals surface area (Å²) >= 11 is 0. The van der Waals surface area contributed by atoms with Crippen LogP contribution >= 0.6 is 0 Å². The molecule has 0 aromatic heterocycles. The molecule has 17 heavy (non-hydrogen) atoms. The van der Waals surface area contributed by atoms with Gasteiger partial charge in [-0.1, -0.05) is 0 Å². The van der Waals surface area contributed by atoms with Crippen molar-refractivity contribution in [1.29, 1.82) is 0 Å². The predicted molar refractivity (Wildman–Crippen MR) is 53.6 cm³/mol. The molecule has 0 fully saturated rings. The van der Waals surface area contributed by atoms with E-state index in [0.717, 1.165) is 6.07 Å². The summed E-state index contributed by atoms with van der Waals surface area (Å²) in [6.07, 6.45) is -7.51. The standard InChI is InChI=1S/C10H12F3NO3/c1-17-7-4-5(15)2-3-6(7)8(14)9(16)10(11,12)13/h2-4,8-9,15-16H,14H2,1H3/t8-,9-/m0/s1. The van der Waals surface area contributed by atoms with E-state index in [4.69, 9.17) is 20.7 Å². The van der Waals surface area contributed by atoms with E-state index in [1.54, 1.807) is 0 Å². The Kier molecular flexibility index (Phi) is 3.84. The Hall–Kier alpha value is -1.47. The van der Waals surface area contributed by atoms with Crippen molar-refractivity contribution >= 4 is 0 Å². The van der Waals surface area contributed by atoms with Crippen LogP contribution in [0.3, 0.4) is 0 Å². The van der Waals surface area contributed by atoms with Crippen molar-refractivity contribution in [3.05, 3.63) is 23.8 Å². The molecule has 0 amide bonds. The van der Waals surface area contributed by atoms with Gasteiger partial charge >= 0.3 is 6.18 Å². The normalized spacial score (nSPS) is 15.4. The van der Waals surface area contributed by atoms with Gasteiger partial charge in [0, 0.05) is 11.6 Å². The quantitative estimate of drug-likeness (QED) is 0.757. The number of alkyl halides is 3. The summed E-state index contributed by atoms with van der Waals surface area (Å²) in [6, 6.07) is 1.79. The fraction of sp³-hybridized carbons (Fsp3) is 0.400. The van der Waals surface area contributed by atoms with Crippen LogP contribution in [0.1, 0.15) is 11.6 Å². The first-order chi connectivity index (χ1) is 7.77. The number of nitrogens with two attached hydrogens (primary N) is 1. The van der Waals surface area contributed by atoms with Crippen LogP contribution in [-0.2, 0) is 0 Å². The molecule has 0 aliphatic rings. The Morgan fingerprint density at radius 2 is 1.94 bits per heavy atom. The third-order valence-electron chi connectivity index (χ3n) is 2.25. The zero-order valence-corrected chi connectivity index (χ0v) is 8.90. The number of hydrogen-bond acceptors (Lipinski definition) is 4. The van der Waals surface area contributed by atoms with Crippen molar-refractivity contribution in [2.45, 2.75) is 18.3 Å². The molecule has 4 N–H and O–H groups in total. The lowest BCUT2D eigenvalue weighted by atomic mass is 10.0. The molecule has 96 valence electrons. The molecule has 0 bridgehead atoms. The molecule has 0 aliphatic carbocycles. The number of benzene rings is 1. The smallest absolute Gasteiger partial charge is 0.416 e. The van der Waals surface area contributed by atoms with Crippen molar-refractivity contribution in [3.8, 4) is 11.5 Å². The second-order valence-electron chi connectivity index (χ2n) is 3.44. The summed E-state index contributed by atoms with van der Waals surface area (Å²) in [5, 5.41) is 18.2. The van der Waals surface area contributed by atoms with Crippen LogP contribution in [0, 0.1) is 0 Å². The second-order valence-corrected chi connectivity index (χ2v) is 3.44. The van der Waals surface area contributed by atoms with E-state index >= 15 is 0 Å². The van der Waals surface area contributed by atoms with Crippen molar-refractivity contribution in [2.75, 3.05) is 7.11 Å². The van der Waals surface area contributed by atoms with Crippen LogP contribution in [-0.4, -0.2) is 29.6 Å². The number of halogens is 3. The first-order valence-corrected chi connectivity index (χ1v) is 4.64. The van der Waals surface area contributed by atoms with E-state index in [2.05, 4.69) is 0 Å². The summed E-state index contributed by atoms with van der Waals surface area (Å²) in [4.78, 5) is 0. The van der Waals surface area contributed by atoms with E-state index in [0.29, 0.717) is 0 Å². The minimum absolute atomic E-state index is 0.0131. The zero-order chi connectivity index (χ0) is 13.2. The maximum atomic E-state index is 12.3. The lowest BCUT2D eigenvalue weighted by Crippen LogP contribution is -2.39. The molecule has 0 spiro atoms. The lowest BCUT2D eigenvalue weighted by Gasteiger charge is -2.23. The van der Waals surface area contributed by atoms with E-state index < -0.39 is 18.3 Å². The maximum Gasteiger partial charge on any atom is 0.416 e. The van der Waals surface area contributed by atoms with E-state index in [1.165, 1.54) is 19.2 Å². The van der Waals surface area contributed by atoms with Crippen molar-refractivity contribution in [2.24, 2.45) is 5.73 Å². The fourth-order valence-electron chi connectivity index (χ4n) is 1.35. The summed E-state index contributed by atoms with van der Waals surface area (Å²) < 4.78 is 41.6. The van der Waals surface area contributed by atoms with Gasteiger partial charge in [0.15, 0.2) is 6.10 Å². The fourth-order valence-corrected chi connectivity index (χ4v) is 1.35. The van der Waals surface area contributed by atoms with Crippen LogP contribution in [0.25, 0.3) is 0 Å². The Balaban J connectivity index is 3.08. The highest BCUT2D eigenvalue weighted by Crippen LogP contribution is 2.34. The highest BCUT2D eigenvalue weighted by molar-refractivity contribution is 5.42. The number of methoxy groups -OCH3 is 1. The zero-order valence-electron chi connectivity index (χ0n) is 8.90. The molecule has 1 aromatic rings. The SMILES string of the molecule is COc1cc(O)ccc1[C@H](N)[C@H](O)C(F)(F)F. The van der Waals surface area contributed by atoms with Gasteiger partial charge in [-0.05, 0) is 12.1 Å². The number of hydrogen-bond donors (Lipinski definition) is 3. The van der Waals surface area contributed by atoms with Crippen LogP contribution < -0.4 is 10.5 Å². The summed E-state index contributed by atoms with van der Waals surface area (Å²) in [7, 11) is 1.23. The highest BCUT2D eigenvalue weighted by atomic mass is 19.4. The van der Waals surface area contributed by atoms with Gasteiger partial charge < -0.3 is 20.7 Å². The summed E-state index contributed by atoms with van der Waals surface area (Å²) in [6.45, 7) is 0. The summed E-state index contributed by atoms with van der Waals surface area (Å²) in [5.74, 6) is -0.180. The van der Waals surface area contributed by atoms with Gasteiger partial charge in [-0.3, -0.25) is 0 Å². The molecule has 1 aromatic carbocycles. The molecule has 2 atom stereocenters. The average molecular weight is 251 g/mol. The molecule has 0 radical (unpaired) electrons. The molecule has 0 unspecified atom stereocenters. The van der Waals surface area contributed by atoms with Crippen LogP contribution in [0.2, 0.25) is 0 Å². The van der Waals surface area contributed by atoms with Gasteiger partial charge in [0.2, 0.25) is 0 Å². The molecular weight excluding hydrogens is 239 g/mol. The Labute approximate surface area is 95.4 Å². The number of phenols is 1. The van der Waals surface area contributed by atoms with Gasteiger partial charge in [0.05, 0.1) is 13.2 Å². The van der Waals surface area contributed by atoms with Gasteiger partial charge in [-0.25, -0.2) is 0 Å². The Morgan fingerprint density at radius 3 is 2.41 bits per heavy atom. The molecule has 4 nitrogen and oxygen atoms in total. The number of rotatable bonds is 3. The Morgan fingerprint density at radius 1 is 1.35 bits per heavy atom. The van der Waals surface area contributed by atoms with Crippen LogP contribution in [0.15, 0.2) is 18.2 Å². The monoisotopic (exact) mass is 251 g/mol. The second kappa shape index (κ2) is 4.80. The Bertz CT molecular complexity index is 395. The minimum Gasteiger partial charge on any atom is -0.508 e. The molecule has 0 saturated heterocycles. The molecule has 7 heteroatoms. The van der Waals surface area contributed by atoms with Crippen molar-refractivity contribution in [1.82, 2.24) is 0 Å². The van der Waals surface area contributed by atoms with E-state index in [-0.39, 0.29) is 17.1 Å². The predicted octanol–water partition coefficient (Wildman–Crippen LogP) is 1.32. The van der Waals surface area contributed by atoms with Gasteiger partial charge in [-0.15, -0.1) is 0 Å². The first-order valence-electron chi connectivity index (χ1n) is 4.64. The number of aromatic hydroxyl groups is 1. The third-order valence-corrected chi connectivity index (χ3v) is 2.25. The van der Waals surface area contributed by atoms with Crippen LogP contribution in [0.5, 0.6) is 11.5 Å². The highest BCUT2D eigenvalue weighted by Gasteiger charge is 2.43.